The summed E-state index contributed by atoms with van der Waals surface area (Å²) in [5.74, 6) is -3.22. The van der Waals surface area contributed by atoms with Crippen LogP contribution in [0.4, 0.5) is 8.78 Å². The number of nitrogens with zero attached hydrogens (tertiary/aromatic N) is 4. The van der Waals surface area contributed by atoms with Crippen molar-refractivity contribution in [3.63, 3.8) is 0 Å². The van der Waals surface area contributed by atoms with Crippen LogP contribution >= 0.6 is 23.2 Å². The largest absolute Gasteiger partial charge is 0.483 e. The first-order valence-electron chi connectivity index (χ1n) is 24.5. The van der Waals surface area contributed by atoms with Crippen molar-refractivity contribution in [2.24, 2.45) is 0 Å². The summed E-state index contributed by atoms with van der Waals surface area (Å²) in [7, 11) is 4.97. The number of carbonyl (C=O) groups is 4. The molecule has 2 aromatic heterocycles. The maximum absolute atomic E-state index is 14.4. The van der Waals surface area contributed by atoms with E-state index in [4.69, 9.17) is 37.4 Å². The van der Waals surface area contributed by atoms with Gasteiger partial charge in [-0.1, -0.05) is 108 Å². The molecule has 0 atom stereocenters. The number of pyridine rings is 2. The van der Waals surface area contributed by atoms with E-state index < -0.39 is 57.1 Å². The molecule has 0 radical (unpaired) electrons. The number of Topliss-reactive ketones (excluding diaryl/α,β-unsaturated/α-hetero) is 2. The summed E-state index contributed by atoms with van der Waals surface area (Å²) in [6.07, 6.45) is 4.24. The van der Waals surface area contributed by atoms with Gasteiger partial charge < -0.3 is 38.3 Å². The number of ketones is 2. The lowest BCUT2D eigenvalue weighted by molar-refractivity contribution is -0.0674. The highest BCUT2D eigenvalue weighted by Crippen LogP contribution is 2.47. The zero-order valence-corrected chi connectivity index (χ0v) is 43.0. The molecule has 6 aromatic rings. The first-order chi connectivity index (χ1) is 35.9. The summed E-state index contributed by atoms with van der Waals surface area (Å²) in [6.45, 7) is 0.833. The molecule has 18 heteroatoms. The topological polar surface area (TPSA) is 167 Å². The molecular formula is C57H54Cl2F2N4O10. The van der Waals surface area contributed by atoms with Gasteiger partial charge in [-0.3, -0.25) is 28.8 Å². The lowest BCUT2D eigenvalue weighted by atomic mass is 9.72. The second-order valence-electron chi connectivity index (χ2n) is 19.8. The highest BCUT2D eigenvalue weighted by molar-refractivity contribution is 6.31. The summed E-state index contributed by atoms with van der Waals surface area (Å²) < 4.78 is 49.6. The van der Waals surface area contributed by atoms with Crippen LogP contribution in [-0.4, -0.2) is 93.9 Å². The fraction of sp³-hybridized carbons (Fsp3) is 0.333. The van der Waals surface area contributed by atoms with Gasteiger partial charge in [-0.2, -0.15) is 0 Å². The van der Waals surface area contributed by atoms with E-state index in [0.29, 0.717) is 44.3 Å². The number of amides is 2. The second kappa shape index (κ2) is 21.7. The molecule has 2 amide bonds. The van der Waals surface area contributed by atoms with Crippen LogP contribution in [0.1, 0.15) is 102 Å². The van der Waals surface area contributed by atoms with Gasteiger partial charge in [0.15, 0.2) is 34.5 Å². The number of aryl methyl sites for hydroxylation is 2. The van der Waals surface area contributed by atoms with Gasteiger partial charge in [0.1, 0.15) is 24.8 Å². The van der Waals surface area contributed by atoms with Crippen LogP contribution in [0, 0.1) is 11.6 Å². The van der Waals surface area contributed by atoms with Crippen LogP contribution in [0.15, 0.2) is 119 Å². The molecule has 0 bridgehead atoms. The average molecular weight is 1060 g/mol. The van der Waals surface area contributed by atoms with Crippen molar-refractivity contribution in [3.8, 4) is 11.5 Å². The Morgan fingerprint density at radius 2 is 1.01 bits per heavy atom. The maximum atomic E-state index is 14.4. The molecule has 10 rings (SSSR count). The Balaban J connectivity index is 0.000000184. The predicted octanol–water partition coefficient (Wildman–Crippen LogP) is 8.60. The van der Waals surface area contributed by atoms with Crippen molar-refractivity contribution in [1.82, 2.24) is 18.9 Å². The molecular weight excluding hydrogens is 1010 g/mol. The van der Waals surface area contributed by atoms with E-state index >= 15 is 0 Å². The van der Waals surface area contributed by atoms with Crippen molar-refractivity contribution >= 4 is 46.6 Å². The summed E-state index contributed by atoms with van der Waals surface area (Å²) in [4.78, 5) is 83.7. The normalized spacial score (nSPS) is 20.4. The van der Waals surface area contributed by atoms with Gasteiger partial charge in [0.05, 0.1) is 44.5 Å². The molecule has 4 aromatic carbocycles. The minimum absolute atomic E-state index is 0.00234. The Kier molecular flexibility index (Phi) is 15.3. The first kappa shape index (κ1) is 52.9. The minimum atomic E-state index is -0.683. The van der Waals surface area contributed by atoms with E-state index in [0.717, 1.165) is 11.1 Å². The number of fused-ring (bicyclic) bond motifs is 4. The lowest BCUT2D eigenvalue weighted by Gasteiger charge is -2.53. The third-order valence-electron chi connectivity index (χ3n) is 14.7. The standard InChI is InChI=1S/C29H28ClFN2O5.C28H26ClFN2O5/c1-32-17-29(13-20(14-29)37-2)33-15-21(23(34)12-11-19-9-6-10-22(30)24(19)31)26(35)27(25(33)28(32)36)38-16-18-7-4-3-5-8-18;1-31-16-28(12-19(33)13-28)32-14-20(22(34)11-10-18-8-5-9-21(29)23(18)30)25(35)26(24(32)27(31)36)37-15-17-6-3-2-4-7-17/h3-10,15,20H,11-14,16-17H2,1-2H3;2-9,14,19,33H,10-13,15-16H2,1H3. The van der Waals surface area contributed by atoms with Gasteiger partial charge in [0.25, 0.3) is 11.8 Å². The van der Waals surface area contributed by atoms with E-state index in [1.165, 1.54) is 29.4 Å². The minimum Gasteiger partial charge on any atom is -0.483 e. The van der Waals surface area contributed by atoms with Crippen LogP contribution in [0.3, 0.4) is 0 Å². The smallest absolute Gasteiger partial charge is 0.274 e. The van der Waals surface area contributed by atoms with Crippen molar-refractivity contribution in [2.75, 3.05) is 34.3 Å². The molecule has 0 unspecified atom stereocenters. The van der Waals surface area contributed by atoms with Crippen molar-refractivity contribution in [1.29, 1.82) is 0 Å². The van der Waals surface area contributed by atoms with Gasteiger partial charge in [-0.15, -0.1) is 0 Å². The molecule has 2 aliphatic heterocycles. The quantitative estimate of drug-likeness (QED) is 0.0985. The number of methoxy groups -OCH3 is 1. The fourth-order valence-corrected chi connectivity index (χ4v) is 11.1. The van der Waals surface area contributed by atoms with Crippen molar-refractivity contribution in [2.45, 2.75) is 87.9 Å². The van der Waals surface area contributed by atoms with E-state index in [9.17, 15) is 42.7 Å². The van der Waals surface area contributed by atoms with Crippen molar-refractivity contribution in [3.05, 3.63) is 196 Å². The number of hydrogen-bond acceptors (Lipinski definition) is 10. The number of carbonyl (C=O) groups excluding carboxylic acids is 4. The Hall–Kier alpha value is -6.98. The van der Waals surface area contributed by atoms with Gasteiger partial charge in [-0.25, -0.2) is 8.78 Å². The number of likely N-dealkylation sites (N-methyl/N-ethyl adjacent to an activating group) is 2. The monoisotopic (exact) mass is 1060 g/mol. The number of rotatable bonds is 15. The SMILES string of the molecule is CN1CC2(CC(O)C2)n2cc(C(=O)CCc3cccc(Cl)c3F)c(=O)c(OCc3ccccc3)c2C1=O.COC1CC2(C1)CN(C)C(=O)c1c(OCc3ccccc3)c(=O)c(C(=O)CCc3cccc(Cl)c3F)cn12. The number of aliphatic hydroxyl groups is 1. The predicted molar refractivity (Wildman–Crippen MR) is 276 cm³/mol. The van der Waals surface area contributed by atoms with E-state index in [1.54, 1.807) is 59.5 Å². The van der Waals surface area contributed by atoms with Crippen LogP contribution in [0.2, 0.25) is 10.0 Å². The highest BCUT2D eigenvalue weighted by atomic mass is 35.5. The molecule has 2 spiro atoms. The van der Waals surface area contributed by atoms with E-state index in [2.05, 4.69) is 0 Å². The highest BCUT2D eigenvalue weighted by Gasteiger charge is 2.53. The molecule has 2 fully saturated rings. The molecule has 14 nitrogen and oxygen atoms in total. The zero-order chi connectivity index (χ0) is 53.3. The van der Waals surface area contributed by atoms with Crippen LogP contribution < -0.4 is 20.3 Å². The molecule has 390 valence electrons. The second-order valence-corrected chi connectivity index (χ2v) is 20.6. The van der Waals surface area contributed by atoms with Crippen molar-refractivity contribution < 1.29 is 47.3 Å². The molecule has 0 saturated heterocycles. The number of hydrogen-bond donors (Lipinski definition) is 1. The lowest BCUT2D eigenvalue weighted by Crippen LogP contribution is -2.61. The molecule has 75 heavy (non-hydrogen) atoms. The molecule has 1 N–H and O–H groups in total. The Labute approximate surface area is 441 Å². The molecule has 2 aliphatic carbocycles. The third kappa shape index (κ3) is 10.4. The molecule has 4 aliphatic rings. The summed E-state index contributed by atoms with van der Waals surface area (Å²) in [6, 6.07) is 27.6. The average Bonchev–Trinajstić information content (AvgIpc) is 3.42. The van der Waals surface area contributed by atoms with E-state index in [1.807, 2.05) is 60.7 Å². The Bertz CT molecular complexity index is 3320. The van der Waals surface area contributed by atoms with Gasteiger partial charge in [0, 0.05) is 59.5 Å². The van der Waals surface area contributed by atoms with Gasteiger partial charge in [0.2, 0.25) is 10.9 Å². The molecule has 2 saturated carbocycles. The number of aliphatic hydroxyl groups excluding tert-OH is 1. The number of ether oxygens (including phenoxy) is 3. The number of benzene rings is 4. The zero-order valence-electron chi connectivity index (χ0n) is 41.5. The van der Waals surface area contributed by atoms with E-state index in [-0.39, 0.29) is 101 Å². The number of aromatic nitrogens is 2. The van der Waals surface area contributed by atoms with Crippen LogP contribution in [0.5, 0.6) is 11.5 Å². The Morgan fingerprint density at radius 3 is 1.40 bits per heavy atom. The maximum Gasteiger partial charge on any atom is 0.274 e. The first-order valence-corrected chi connectivity index (χ1v) is 25.3. The summed E-state index contributed by atoms with van der Waals surface area (Å²) in [5.41, 5.74) is -0.352. The van der Waals surface area contributed by atoms with Crippen LogP contribution in [-0.2, 0) is 41.9 Å². The van der Waals surface area contributed by atoms with Crippen LogP contribution in [0.25, 0.3) is 0 Å². The third-order valence-corrected chi connectivity index (χ3v) is 15.2. The number of halogens is 4. The van der Waals surface area contributed by atoms with Gasteiger partial charge >= 0.3 is 0 Å². The Morgan fingerprint density at radius 1 is 0.613 bits per heavy atom. The summed E-state index contributed by atoms with van der Waals surface area (Å²) in [5, 5.41) is 10.1. The molecule has 4 heterocycles. The van der Waals surface area contributed by atoms with Gasteiger partial charge in [-0.05, 0) is 72.9 Å². The fourth-order valence-electron chi connectivity index (χ4n) is 10.7. The summed E-state index contributed by atoms with van der Waals surface area (Å²) >= 11 is 11.7.